The Hall–Kier alpha value is -1.03. The first-order chi connectivity index (χ1) is 7.08. The van der Waals surface area contributed by atoms with Crippen molar-refractivity contribution in [1.29, 1.82) is 0 Å². The summed E-state index contributed by atoms with van der Waals surface area (Å²) in [5.74, 6) is 0.383. The number of nitrogens with zero attached hydrogens (tertiary/aromatic N) is 2. The molecule has 4 nitrogen and oxygen atoms in total. The quantitative estimate of drug-likeness (QED) is 0.841. The second-order valence-corrected chi connectivity index (χ2v) is 4.36. The fourth-order valence-corrected chi connectivity index (χ4v) is 2.47. The molecule has 0 bridgehead atoms. The van der Waals surface area contributed by atoms with Crippen LogP contribution in [0.2, 0.25) is 5.15 Å². The maximum atomic E-state index is 10.6. The number of aromatic nitrogens is 2. The van der Waals surface area contributed by atoms with E-state index in [2.05, 4.69) is 9.55 Å². The molecule has 0 fully saturated rings. The highest BCUT2D eigenvalue weighted by Crippen LogP contribution is 2.28. The van der Waals surface area contributed by atoms with Crippen molar-refractivity contribution in [1.82, 2.24) is 9.55 Å². The fraction of sp³-hybridized carbons (Fsp3) is 0.600. The van der Waals surface area contributed by atoms with E-state index in [1.807, 2.05) is 6.92 Å². The molecule has 0 spiro atoms. The van der Waals surface area contributed by atoms with Crippen molar-refractivity contribution >= 4 is 17.6 Å². The lowest BCUT2D eigenvalue weighted by atomic mass is 9.93. The van der Waals surface area contributed by atoms with Crippen LogP contribution < -0.4 is 0 Å². The second kappa shape index (κ2) is 3.85. The van der Waals surface area contributed by atoms with E-state index in [0.29, 0.717) is 5.15 Å². The first kappa shape index (κ1) is 10.5. The highest BCUT2D eigenvalue weighted by Gasteiger charge is 2.24. The van der Waals surface area contributed by atoms with Crippen LogP contribution in [-0.4, -0.2) is 20.6 Å². The Morgan fingerprint density at radius 3 is 3.13 bits per heavy atom. The van der Waals surface area contributed by atoms with Crippen molar-refractivity contribution in [3.63, 3.8) is 0 Å². The molecule has 82 valence electrons. The topological polar surface area (TPSA) is 55.1 Å². The molecule has 0 saturated heterocycles. The van der Waals surface area contributed by atoms with Gasteiger partial charge >= 0.3 is 5.97 Å². The summed E-state index contributed by atoms with van der Waals surface area (Å²) in [5.41, 5.74) is 0.992. The van der Waals surface area contributed by atoms with Crippen molar-refractivity contribution in [2.75, 3.05) is 0 Å². The van der Waals surface area contributed by atoms with E-state index in [1.165, 1.54) is 0 Å². The number of fused-ring (bicyclic) bond motifs is 1. The minimum Gasteiger partial charge on any atom is -0.481 e. The number of imidazole rings is 1. The van der Waals surface area contributed by atoms with Gasteiger partial charge in [-0.15, -0.1) is 0 Å². The maximum absolute atomic E-state index is 10.6. The summed E-state index contributed by atoms with van der Waals surface area (Å²) >= 11 is 5.99. The van der Waals surface area contributed by atoms with Crippen LogP contribution in [0.1, 0.15) is 24.4 Å². The van der Waals surface area contributed by atoms with Gasteiger partial charge in [-0.2, -0.15) is 0 Å². The minimum absolute atomic E-state index is 0.198. The molecule has 0 radical (unpaired) electrons. The van der Waals surface area contributed by atoms with E-state index in [1.54, 1.807) is 0 Å². The lowest BCUT2D eigenvalue weighted by Gasteiger charge is -2.23. The smallest absolute Gasteiger partial charge is 0.303 e. The zero-order chi connectivity index (χ0) is 11.0. The van der Waals surface area contributed by atoms with Gasteiger partial charge in [0.15, 0.2) is 5.15 Å². The molecule has 1 aliphatic rings. The van der Waals surface area contributed by atoms with E-state index in [9.17, 15) is 4.79 Å². The van der Waals surface area contributed by atoms with E-state index >= 15 is 0 Å². The van der Waals surface area contributed by atoms with Gasteiger partial charge in [-0.25, -0.2) is 4.98 Å². The monoisotopic (exact) mass is 228 g/mol. The molecule has 1 N–H and O–H groups in total. The van der Waals surface area contributed by atoms with Gasteiger partial charge in [0.2, 0.25) is 0 Å². The summed E-state index contributed by atoms with van der Waals surface area (Å²) in [6, 6.07) is 0. The Morgan fingerprint density at radius 1 is 1.73 bits per heavy atom. The van der Waals surface area contributed by atoms with Gasteiger partial charge < -0.3 is 9.67 Å². The van der Waals surface area contributed by atoms with Crippen molar-refractivity contribution in [3.8, 4) is 0 Å². The number of carboxylic acids is 1. The number of carboxylic acid groups (broad SMARTS) is 1. The molecule has 0 aromatic carbocycles. The third kappa shape index (κ3) is 2.00. The normalized spacial score (nSPS) is 20.0. The average molecular weight is 229 g/mol. The van der Waals surface area contributed by atoms with E-state index in [4.69, 9.17) is 16.7 Å². The van der Waals surface area contributed by atoms with Crippen molar-refractivity contribution in [2.45, 2.75) is 32.7 Å². The predicted molar refractivity (Wildman–Crippen MR) is 56.0 cm³/mol. The molecule has 1 aromatic heterocycles. The summed E-state index contributed by atoms with van der Waals surface area (Å²) < 4.78 is 2.08. The van der Waals surface area contributed by atoms with E-state index in [0.717, 1.165) is 30.9 Å². The standard InChI is InChI=1S/C10H13ClN2O2/c1-6-12-10(11)8-4-7(5-9(14)15)2-3-13(6)8/h7H,2-5H2,1H3,(H,14,15). The lowest BCUT2D eigenvalue weighted by Crippen LogP contribution is -2.22. The number of halogens is 1. The van der Waals surface area contributed by atoms with Crippen LogP contribution >= 0.6 is 11.6 Å². The first-order valence-corrected chi connectivity index (χ1v) is 5.39. The zero-order valence-corrected chi connectivity index (χ0v) is 9.29. The van der Waals surface area contributed by atoms with Crippen LogP contribution in [0.25, 0.3) is 0 Å². The van der Waals surface area contributed by atoms with E-state index in [-0.39, 0.29) is 12.3 Å². The molecule has 1 aliphatic heterocycles. The van der Waals surface area contributed by atoms with Gasteiger partial charge in [0.05, 0.1) is 5.69 Å². The SMILES string of the molecule is Cc1nc(Cl)c2n1CCC(CC(=O)O)C2. The molecule has 0 amide bonds. The van der Waals surface area contributed by atoms with Crippen LogP contribution in [0.5, 0.6) is 0 Å². The van der Waals surface area contributed by atoms with E-state index < -0.39 is 5.97 Å². The Morgan fingerprint density at radius 2 is 2.47 bits per heavy atom. The molecule has 5 heteroatoms. The number of carbonyl (C=O) groups is 1. The minimum atomic E-state index is -0.735. The first-order valence-electron chi connectivity index (χ1n) is 5.01. The third-order valence-electron chi connectivity index (χ3n) is 2.92. The van der Waals surface area contributed by atoms with Crippen LogP contribution in [0.15, 0.2) is 0 Å². The van der Waals surface area contributed by atoms with Gasteiger partial charge in [0, 0.05) is 13.0 Å². The van der Waals surface area contributed by atoms with Gasteiger partial charge in [0.1, 0.15) is 5.82 Å². The number of aryl methyl sites for hydroxylation is 1. The summed E-state index contributed by atoms with van der Waals surface area (Å²) in [6.07, 6.45) is 1.85. The Kier molecular flexibility index (Phi) is 2.69. The lowest BCUT2D eigenvalue weighted by molar-refractivity contribution is -0.138. The zero-order valence-electron chi connectivity index (χ0n) is 8.53. The molecule has 1 unspecified atom stereocenters. The fourth-order valence-electron chi connectivity index (χ4n) is 2.17. The Labute approximate surface area is 92.9 Å². The molecule has 1 aromatic rings. The largest absolute Gasteiger partial charge is 0.481 e. The molecule has 2 heterocycles. The second-order valence-electron chi connectivity index (χ2n) is 4.00. The number of aliphatic carboxylic acids is 1. The molecule has 2 rings (SSSR count). The summed E-state index contributed by atoms with van der Waals surface area (Å²) in [7, 11) is 0. The highest BCUT2D eigenvalue weighted by molar-refractivity contribution is 6.30. The van der Waals surface area contributed by atoms with Gasteiger partial charge in [-0.3, -0.25) is 4.79 Å². The van der Waals surface area contributed by atoms with Crippen LogP contribution in [0.3, 0.4) is 0 Å². The Bertz CT molecular complexity index is 400. The molecular weight excluding hydrogens is 216 g/mol. The molecule has 0 saturated carbocycles. The van der Waals surface area contributed by atoms with Crippen LogP contribution in [0, 0.1) is 12.8 Å². The molecular formula is C10H13ClN2O2. The summed E-state index contributed by atoms with van der Waals surface area (Å²) in [6.45, 7) is 2.76. The van der Waals surface area contributed by atoms with Gasteiger partial charge in [-0.1, -0.05) is 11.6 Å². The summed E-state index contributed by atoms with van der Waals surface area (Å²) in [4.78, 5) is 14.8. The van der Waals surface area contributed by atoms with Gasteiger partial charge in [-0.05, 0) is 25.7 Å². The van der Waals surface area contributed by atoms with Crippen molar-refractivity contribution < 1.29 is 9.90 Å². The number of hydrogen-bond acceptors (Lipinski definition) is 2. The molecule has 1 atom stereocenters. The van der Waals surface area contributed by atoms with Crippen molar-refractivity contribution in [3.05, 3.63) is 16.7 Å². The number of rotatable bonds is 2. The highest BCUT2D eigenvalue weighted by atomic mass is 35.5. The molecule has 15 heavy (non-hydrogen) atoms. The molecule has 0 aliphatic carbocycles. The maximum Gasteiger partial charge on any atom is 0.303 e. The summed E-state index contributed by atoms with van der Waals surface area (Å²) in [5, 5.41) is 9.26. The Balaban J connectivity index is 2.19. The predicted octanol–water partition coefficient (Wildman–Crippen LogP) is 1.88. The van der Waals surface area contributed by atoms with Gasteiger partial charge in [0.25, 0.3) is 0 Å². The van der Waals surface area contributed by atoms with Crippen LogP contribution in [0.4, 0.5) is 0 Å². The number of hydrogen-bond donors (Lipinski definition) is 1. The van der Waals surface area contributed by atoms with Crippen LogP contribution in [-0.2, 0) is 17.8 Å². The van der Waals surface area contributed by atoms with Crippen molar-refractivity contribution in [2.24, 2.45) is 5.92 Å². The average Bonchev–Trinajstić information content (AvgIpc) is 2.41. The third-order valence-corrected chi connectivity index (χ3v) is 3.22.